The molecule has 12 rings (SSSR count). The van der Waals surface area contributed by atoms with Gasteiger partial charge in [0.2, 0.25) is 0 Å². The largest absolute Gasteiger partial charge is 0.456 e. The molecule has 2 aromatic heterocycles. The third kappa shape index (κ3) is 7.79. The van der Waals surface area contributed by atoms with Gasteiger partial charge in [-0.25, -0.2) is 9.97 Å². The van der Waals surface area contributed by atoms with Gasteiger partial charge in [0.25, 0.3) is 0 Å². The van der Waals surface area contributed by atoms with Crippen molar-refractivity contribution in [2.24, 2.45) is 0 Å². The van der Waals surface area contributed by atoms with Crippen molar-refractivity contribution in [1.82, 2.24) is 9.97 Å². The first-order valence-electron chi connectivity index (χ1n) is 22.7. The van der Waals surface area contributed by atoms with E-state index in [4.69, 9.17) is 14.4 Å². The van der Waals surface area contributed by atoms with Gasteiger partial charge < -0.3 is 4.42 Å². The molecule has 0 fully saturated rings. The van der Waals surface area contributed by atoms with E-state index in [1.807, 2.05) is 36.4 Å². The Morgan fingerprint density at radius 2 is 0.672 bits per heavy atom. The second kappa shape index (κ2) is 17.2. The van der Waals surface area contributed by atoms with Crippen molar-refractivity contribution in [2.45, 2.75) is 0 Å². The van der Waals surface area contributed by atoms with Crippen LogP contribution < -0.4 is 0 Å². The summed E-state index contributed by atoms with van der Waals surface area (Å²) in [5.74, 6) is 0.689. The van der Waals surface area contributed by atoms with Crippen molar-refractivity contribution in [1.29, 1.82) is 0 Å². The van der Waals surface area contributed by atoms with Gasteiger partial charge in [-0.1, -0.05) is 206 Å². The second-order valence-electron chi connectivity index (χ2n) is 16.9. The quantitative estimate of drug-likeness (QED) is 0.145. The zero-order valence-corrected chi connectivity index (χ0v) is 36.6. The Morgan fingerprint density at radius 1 is 0.239 bits per heavy atom. The molecule has 0 atom stereocenters. The minimum atomic E-state index is 0.689. The summed E-state index contributed by atoms with van der Waals surface area (Å²) in [6.07, 6.45) is 0. The Labute approximate surface area is 390 Å². The van der Waals surface area contributed by atoms with Gasteiger partial charge in [-0.2, -0.15) is 0 Å². The third-order valence-corrected chi connectivity index (χ3v) is 12.7. The van der Waals surface area contributed by atoms with E-state index in [9.17, 15) is 0 Å². The maximum absolute atomic E-state index is 6.47. The molecule has 0 saturated heterocycles. The van der Waals surface area contributed by atoms with Crippen LogP contribution in [0.15, 0.2) is 259 Å². The van der Waals surface area contributed by atoms with Gasteiger partial charge in [0.1, 0.15) is 11.2 Å². The minimum absolute atomic E-state index is 0.689. The number of nitrogens with zero attached hydrogens (tertiary/aromatic N) is 2. The highest BCUT2D eigenvalue weighted by Gasteiger charge is 2.20. The number of aromatic nitrogens is 2. The Morgan fingerprint density at radius 3 is 1.33 bits per heavy atom. The molecule has 0 spiro atoms. The van der Waals surface area contributed by atoms with Gasteiger partial charge in [-0.15, -0.1) is 0 Å². The SMILES string of the molecule is c1ccc(-c2ccc(-c3cc(-c4cccc(-c5cccc(-c6cc(-c7ccccc7)cc(-c7ccc8c(c7)oc7ccccc78)c6-c6ccccc6)c5)c4)nc(-c4ccccc4)n3)cc2)cc1. The molecule has 0 unspecified atom stereocenters. The van der Waals surface area contributed by atoms with Crippen LogP contribution in [0.4, 0.5) is 0 Å². The van der Waals surface area contributed by atoms with E-state index in [1.54, 1.807) is 0 Å². The average molecular weight is 855 g/mol. The molecule has 0 radical (unpaired) electrons. The molecule has 314 valence electrons. The summed E-state index contributed by atoms with van der Waals surface area (Å²) in [5.41, 5.74) is 20.2. The van der Waals surface area contributed by atoms with Crippen molar-refractivity contribution in [3.05, 3.63) is 255 Å². The van der Waals surface area contributed by atoms with Gasteiger partial charge in [-0.05, 0) is 115 Å². The number of para-hydroxylation sites is 1. The van der Waals surface area contributed by atoms with Crippen LogP contribution in [-0.4, -0.2) is 9.97 Å². The van der Waals surface area contributed by atoms with Crippen LogP contribution in [0.25, 0.3) is 123 Å². The van der Waals surface area contributed by atoms with E-state index in [1.165, 1.54) is 16.7 Å². The number of rotatable bonds is 9. The Balaban J connectivity index is 0.988. The molecular formula is C64H42N2O. The summed E-state index contributed by atoms with van der Waals surface area (Å²) in [6.45, 7) is 0. The molecule has 0 saturated carbocycles. The van der Waals surface area contributed by atoms with Crippen LogP contribution in [0.5, 0.6) is 0 Å². The lowest BCUT2D eigenvalue weighted by Crippen LogP contribution is -1.96. The summed E-state index contributed by atoms with van der Waals surface area (Å²) in [5, 5.41) is 2.24. The fourth-order valence-corrected chi connectivity index (χ4v) is 9.35. The van der Waals surface area contributed by atoms with Gasteiger partial charge in [0.15, 0.2) is 5.82 Å². The second-order valence-corrected chi connectivity index (χ2v) is 16.9. The van der Waals surface area contributed by atoms with Crippen LogP contribution in [0.1, 0.15) is 0 Å². The zero-order chi connectivity index (χ0) is 44.5. The highest BCUT2D eigenvalue weighted by atomic mass is 16.3. The van der Waals surface area contributed by atoms with Crippen LogP contribution in [-0.2, 0) is 0 Å². The molecular weight excluding hydrogens is 813 g/mol. The molecule has 0 aliphatic heterocycles. The van der Waals surface area contributed by atoms with Crippen LogP contribution >= 0.6 is 0 Å². The average Bonchev–Trinajstić information content (AvgIpc) is 3.79. The predicted octanol–water partition coefficient (Wildman–Crippen LogP) is 17.4. The maximum atomic E-state index is 6.47. The summed E-state index contributed by atoms with van der Waals surface area (Å²) in [7, 11) is 0. The summed E-state index contributed by atoms with van der Waals surface area (Å²) >= 11 is 0. The molecule has 2 heterocycles. The first-order valence-corrected chi connectivity index (χ1v) is 22.7. The maximum Gasteiger partial charge on any atom is 0.160 e. The van der Waals surface area contributed by atoms with Gasteiger partial charge in [-0.3, -0.25) is 0 Å². The Bertz CT molecular complexity index is 3710. The molecule has 0 amide bonds. The van der Waals surface area contributed by atoms with Crippen molar-refractivity contribution in [2.75, 3.05) is 0 Å². The van der Waals surface area contributed by atoms with Crippen LogP contribution in [0.2, 0.25) is 0 Å². The molecule has 0 aliphatic rings. The lowest BCUT2D eigenvalue weighted by molar-refractivity contribution is 0.669. The standard InChI is InChI=1S/C64H42N2O/c1-5-17-43(18-6-1)45-31-33-46(34-32-45)59-42-60(66-64(65-59)48-23-11-4-12-24-48)53-28-16-26-50(38-53)49-25-15-27-51(37-49)57-39-54(44-19-7-2-8-20-44)40-58(63(57)47-21-9-3-10-22-47)52-35-36-56-55-29-13-14-30-61(55)67-62(56)41-52/h1-42H. The topological polar surface area (TPSA) is 38.9 Å². The molecule has 0 bridgehead atoms. The van der Waals surface area contributed by atoms with Crippen molar-refractivity contribution in [3.8, 4) is 101 Å². The molecule has 10 aromatic carbocycles. The number of hydrogen-bond acceptors (Lipinski definition) is 3. The van der Waals surface area contributed by atoms with Crippen molar-refractivity contribution >= 4 is 21.9 Å². The lowest BCUT2D eigenvalue weighted by atomic mass is 9.84. The Hall–Kier alpha value is -8.92. The normalized spacial score (nSPS) is 11.3. The molecule has 67 heavy (non-hydrogen) atoms. The summed E-state index contributed by atoms with van der Waals surface area (Å²) < 4.78 is 6.47. The monoisotopic (exact) mass is 854 g/mol. The van der Waals surface area contributed by atoms with Gasteiger partial charge >= 0.3 is 0 Å². The van der Waals surface area contributed by atoms with Crippen LogP contribution in [0, 0.1) is 0 Å². The van der Waals surface area contributed by atoms with Gasteiger partial charge in [0.05, 0.1) is 11.4 Å². The highest BCUT2D eigenvalue weighted by molar-refractivity contribution is 6.07. The zero-order valence-electron chi connectivity index (χ0n) is 36.6. The van der Waals surface area contributed by atoms with Crippen molar-refractivity contribution in [3.63, 3.8) is 0 Å². The Kier molecular flexibility index (Phi) is 10.2. The van der Waals surface area contributed by atoms with Crippen LogP contribution in [0.3, 0.4) is 0 Å². The molecule has 0 N–H and O–H groups in total. The highest BCUT2D eigenvalue weighted by Crippen LogP contribution is 2.45. The number of hydrogen-bond donors (Lipinski definition) is 0. The van der Waals surface area contributed by atoms with E-state index in [0.717, 1.165) is 100 Å². The fraction of sp³-hybridized carbons (Fsp3) is 0. The first kappa shape index (κ1) is 39.7. The molecule has 3 nitrogen and oxygen atoms in total. The summed E-state index contributed by atoms with van der Waals surface area (Å²) in [4.78, 5) is 10.3. The number of furan rings is 1. The molecule has 12 aromatic rings. The fourth-order valence-electron chi connectivity index (χ4n) is 9.35. The third-order valence-electron chi connectivity index (χ3n) is 12.7. The van der Waals surface area contributed by atoms with E-state index in [2.05, 4.69) is 218 Å². The number of benzene rings is 10. The predicted molar refractivity (Wildman–Crippen MR) is 278 cm³/mol. The molecule has 3 heteroatoms. The first-order chi connectivity index (χ1) is 33.2. The lowest BCUT2D eigenvalue weighted by Gasteiger charge is -2.20. The smallest absolute Gasteiger partial charge is 0.160 e. The van der Waals surface area contributed by atoms with Crippen molar-refractivity contribution < 1.29 is 4.42 Å². The molecule has 0 aliphatic carbocycles. The van der Waals surface area contributed by atoms with Gasteiger partial charge in [0, 0.05) is 27.5 Å². The van der Waals surface area contributed by atoms with E-state index < -0.39 is 0 Å². The van der Waals surface area contributed by atoms with E-state index >= 15 is 0 Å². The summed E-state index contributed by atoms with van der Waals surface area (Å²) in [6, 6.07) is 90.2. The minimum Gasteiger partial charge on any atom is -0.456 e. The number of fused-ring (bicyclic) bond motifs is 3. The van der Waals surface area contributed by atoms with E-state index in [0.29, 0.717) is 5.82 Å². The van der Waals surface area contributed by atoms with E-state index in [-0.39, 0.29) is 0 Å².